The Morgan fingerprint density at radius 1 is 1.05 bits per heavy atom. The first-order valence-corrected chi connectivity index (χ1v) is 7.03. The largest absolute Gasteiger partial charge is 0.497 e. The lowest BCUT2D eigenvalue weighted by molar-refractivity contribution is 0.0990. The first kappa shape index (κ1) is 13.7. The molecule has 1 unspecified atom stereocenters. The molecule has 3 aliphatic rings. The van der Waals surface area contributed by atoms with Crippen molar-refractivity contribution < 1.29 is 14.3 Å². The van der Waals surface area contributed by atoms with Crippen molar-refractivity contribution in [2.75, 3.05) is 14.2 Å². The Bertz CT molecular complexity index is 793. The zero-order valence-electron chi connectivity index (χ0n) is 12.5. The minimum Gasteiger partial charge on any atom is -0.497 e. The Morgan fingerprint density at radius 3 is 2.33 bits per heavy atom. The first-order chi connectivity index (χ1) is 10.1. The molecular weight excluding hydrogens is 264 g/mol. The standard InChI is InChI=1S/C11H12O2.C7H6O/c1-7-5-11(12)9-4-3-8(13-2)6-10(7)9;1-8-7-4-5-2-3-6(5)7/h3-4,6-7H,5H2,1-2H3;2-4H,1H3. The summed E-state index contributed by atoms with van der Waals surface area (Å²) in [6.45, 7) is 2.07. The van der Waals surface area contributed by atoms with Gasteiger partial charge in [0, 0.05) is 17.2 Å². The van der Waals surface area contributed by atoms with E-state index in [-0.39, 0.29) is 5.78 Å². The number of ether oxygens (including phenoxy) is 2. The van der Waals surface area contributed by atoms with E-state index < -0.39 is 0 Å². The molecule has 3 aliphatic carbocycles. The van der Waals surface area contributed by atoms with Crippen LogP contribution in [0.1, 0.15) is 35.2 Å². The highest BCUT2D eigenvalue weighted by Crippen LogP contribution is 2.34. The number of benzene rings is 2. The monoisotopic (exact) mass is 282 g/mol. The molecule has 0 amide bonds. The molecule has 1 aromatic carbocycles. The molecule has 0 saturated carbocycles. The lowest BCUT2D eigenvalue weighted by Crippen LogP contribution is -1.92. The van der Waals surface area contributed by atoms with Crippen LogP contribution in [0.3, 0.4) is 0 Å². The lowest BCUT2D eigenvalue weighted by Gasteiger charge is -2.08. The molecule has 1 aromatic rings. The number of carbonyl (C=O) groups excluding carboxylic acids is 1. The molecule has 4 rings (SSSR count). The molecule has 0 saturated heterocycles. The number of rotatable bonds is 2. The summed E-state index contributed by atoms with van der Waals surface area (Å²) in [4.78, 5) is 11.4. The summed E-state index contributed by atoms with van der Waals surface area (Å²) in [5.74, 6) is 2.46. The maximum atomic E-state index is 11.4. The fourth-order valence-corrected chi connectivity index (χ4v) is 2.75. The molecule has 1 atom stereocenters. The van der Waals surface area contributed by atoms with E-state index in [1.54, 1.807) is 14.2 Å². The van der Waals surface area contributed by atoms with Crippen LogP contribution in [0, 0.1) is 10.4 Å². The fraction of sp³-hybridized carbons (Fsp3) is 0.278. The second kappa shape index (κ2) is 5.24. The number of Topliss-reactive ketones (excluding diaryl/α,β-unsaturated/α-hetero) is 1. The topological polar surface area (TPSA) is 35.5 Å². The summed E-state index contributed by atoms with van der Waals surface area (Å²) >= 11 is 0. The number of ketones is 1. The number of carbonyl (C=O) groups is 1. The van der Waals surface area contributed by atoms with Crippen LogP contribution in [0.4, 0.5) is 0 Å². The number of hydrogen-bond acceptors (Lipinski definition) is 3. The van der Waals surface area contributed by atoms with Crippen molar-refractivity contribution in [1.29, 1.82) is 0 Å². The summed E-state index contributed by atoms with van der Waals surface area (Å²) in [6.07, 6.45) is 0.641. The van der Waals surface area contributed by atoms with E-state index in [2.05, 4.69) is 19.1 Å². The zero-order valence-corrected chi connectivity index (χ0v) is 12.5. The van der Waals surface area contributed by atoms with Gasteiger partial charge in [-0.3, -0.25) is 4.79 Å². The third kappa shape index (κ3) is 2.29. The van der Waals surface area contributed by atoms with Gasteiger partial charge in [-0.1, -0.05) is 19.1 Å². The summed E-state index contributed by atoms with van der Waals surface area (Å²) in [7, 11) is 3.34. The average molecular weight is 282 g/mol. The van der Waals surface area contributed by atoms with E-state index in [9.17, 15) is 4.79 Å². The molecule has 0 N–H and O–H groups in total. The second-order valence-electron chi connectivity index (χ2n) is 5.40. The summed E-state index contributed by atoms with van der Waals surface area (Å²) < 4.78 is 10.1. The van der Waals surface area contributed by atoms with Gasteiger partial charge in [-0.15, -0.1) is 0 Å². The predicted octanol–water partition coefficient (Wildman–Crippen LogP) is 3.68. The normalized spacial score (nSPS) is 16.7. The molecule has 0 aromatic heterocycles. The number of fused-ring (bicyclic) bond motifs is 1. The molecular formula is C18H18O3. The zero-order chi connectivity index (χ0) is 15.0. The molecule has 3 nitrogen and oxygen atoms in total. The summed E-state index contributed by atoms with van der Waals surface area (Å²) in [5, 5.41) is 2.62. The van der Waals surface area contributed by atoms with Crippen LogP contribution in [0.15, 0.2) is 36.4 Å². The van der Waals surface area contributed by atoms with E-state index in [4.69, 9.17) is 9.47 Å². The van der Waals surface area contributed by atoms with Crippen molar-refractivity contribution in [1.82, 2.24) is 0 Å². The van der Waals surface area contributed by atoms with Crippen molar-refractivity contribution in [2.24, 2.45) is 0 Å². The smallest absolute Gasteiger partial charge is 0.163 e. The van der Waals surface area contributed by atoms with Gasteiger partial charge in [0.15, 0.2) is 5.78 Å². The van der Waals surface area contributed by atoms with Crippen LogP contribution in [-0.4, -0.2) is 20.0 Å². The second-order valence-corrected chi connectivity index (χ2v) is 5.40. The molecule has 0 aliphatic heterocycles. The van der Waals surface area contributed by atoms with Gasteiger partial charge in [0.05, 0.1) is 14.2 Å². The summed E-state index contributed by atoms with van der Waals surface area (Å²) in [5.41, 5.74) is 2.00. The summed E-state index contributed by atoms with van der Waals surface area (Å²) in [6, 6.07) is 11.8. The van der Waals surface area contributed by atoms with E-state index in [0.717, 1.165) is 22.6 Å². The third-order valence-electron chi connectivity index (χ3n) is 4.09. The molecule has 0 spiro atoms. The highest BCUT2D eigenvalue weighted by Gasteiger charge is 2.25. The Morgan fingerprint density at radius 2 is 1.86 bits per heavy atom. The Kier molecular flexibility index (Phi) is 3.42. The van der Waals surface area contributed by atoms with Gasteiger partial charge >= 0.3 is 0 Å². The fourth-order valence-electron chi connectivity index (χ4n) is 2.75. The minimum atomic E-state index is 0.255. The SMILES string of the molecule is COc1cc2ccc1=2.COc1ccc2c(c1)C(C)CC2=O. The van der Waals surface area contributed by atoms with Gasteiger partial charge in [0.1, 0.15) is 11.5 Å². The van der Waals surface area contributed by atoms with Crippen LogP contribution in [0.2, 0.25) is 0 Å². The average Bonchev–Trinajstić information content (AvgIpc) is 2.77. The van der Waals surface area contributed by atoms with E-state index in [1.807, 2.05) is 24.3 Å². The number of methoxy groups -OCH3 is 2. The van der Waals surface area contributed by atoms with Crippen LogP contribution >= 0.6 is 0 Å². The molecule has 0 fully saturated rings. The van der Waals surface area contributed by atoms with Crippen LogP contribution in [-0.2, 0) is 0 Å². The van der Waals surface area contributed by atoms with Gasteiger partial charge in [-0.2, -0.15) is 0 Å². The highest BCUT2D eigenvalue weighted by atomic mass is 16.5. The highest BCUT2D eigenvalue weighted by molar-refractivity contribution is 6.01. The van der Waals surface area contributed by atoms with Gasteiger partial charge in [0.2, 0.25) is 0 Å². The van der Waals surface area contributed by atoms with E-state index >= 15 is 0 Å². The van der Waals surface area contributed by atoms with Crippen molar-refractivity contribution in [3.8, 4) is 11.5 Å². The molecule has 21 heavy (non-hydrogen) atoms. The maximum absolute atomic E-state index is 11.4. The van der Waals surface area contributed by atoms with Crippen LogP contribution < -0.4 is 9.47 Å². The molecule has 0 heterocycles. The van der Waals surface area contributed by atoms with E-state index in [1.165, 1.54) is 10.4 Å². The maximum Gasteiger partial charge on any atom is 0.163 e. The lowest BCUT2D eigenvalue weighted by atomic mass is 10.0. The number of hydrogen-bond donors (Lipinski definition) is 0. The Hall–Kier alpha value is -2.29. The van der Waals surface area contributed by atoms with Crippen molar-refractivity contribution >= 4 is 5.78 Å². The molecule has 0 bridgehead atoms. The molecule has 108 valence electrons. The predicted molar refractivity (Wildman–Crippen MR) is 81.0 cm³/mol. The minimum absolute atomic E-state index is 0.255. The van der Waals surface area contributed by atoms with Crippen molar-refractivity contribution in [2.45, 2.75) is 19.3 Å². The van der Waals surface area contributed by atoms with Crippen LogP contribution in [0.25, 0.3) is 0 Å². The molecule has 0 radical (unpaired) electrons. The van der Waals surface area contributed by atoms with Gasteiger partial charge < -0.3 is 9.47 Å². The van der Waals surface area contributed by atoms with E-state index in [0.29, 0.717) is 12.3 Å². The van der Waals surface area contributed by atoms with Gasteiger partial charge in [-0.25, -0.2) is 0 Å². The third-order valence-corrected chi connectivity index (χ3v) is 4.09. The first-order valence-electron chi connectivity index (χ1n) is 7.03. The van der Waals surface area contributed by atoms with Gasteiger partial charge in [-0.05, 0) is 41.0 Å². The quantitative estimate of drug-likeness (QED) is 0.719. The van der Waals surface area contributed by atoms with Gasteiger partial charge in [0.25, 0.3) is 0 Å². The Labute approximate surface area is 123 Å². The van der Waals surface area contributed by atoms with Crippen molar-refractivity contribution in [3.05, 3.63) is 58.0 Å². The van der Waals surface area contributed by atoms with Crippen LogP contribution in [0.5, 0.6) is 11.5 Å². The Balaban J connectivity index is 0.000000140. The van der Waals surface area contributed by atoms with Crippen molar-refractivity contribution in [3.63, 3.8) is 0 Å². The molecule has 3 heteroatoms.